The van der Waals surface area contributed by atoms with Gasteiger partial charge in [-0.2, -0.15) is 11.8 Å². The van der Waals surface area contributed by atoms with Gasteiger partial charge in [0, 0.05) is 42.0 Å². The predicted molar refractivity (Wildman–Crippen MR) is 103 cm³/mol. The van der Waals surface area contributed by atoms with E-state index in [9.17, 15) is 13.6 Å². The maximum Gasteiger partial charge on any atom is 0.257 e. The van der Waals surface area contributed by atoms with Crippen LogP contribution in [0.3, 0.4) is 0 Å². The molecule has 2 aromatic carbocycles. The Morgan fingerprint density at radius 2 is 1.92 bits per heavy atom. The topological polar surface area (TPSA) is 44.4 Å². The second-order valence-electron chi connectivity index (χ2n) is 6.08. The van der Waals surface area contributed by atoms with Crippen LogP contribution in [0.25, 0.3) is 5.57 Å². The molecule has 0 atom stereocenters. The van der Waals surface area contributed by atoms with Crippen LogP contribution in [0, 0.1) is 11.6 Å². The van der Waals surface area contributed by atoms with E-state index in [4.69, 9.17) is 0 Å². The number of halogens is 2. The highest BCUT2D eigenvalue weighted by Gasteiger charge is 2.27. The predicted octanol–water partition coefficient (Wildman–Crippen LogP) is 3.92. The normalized spacial score (nSPS) is 18.0. The van der Waals surface area contributed by atoms with Crippen LogP contribution in [0.15, 0.2) is 42.6 Å². The Balaban J connectivity index is 1.56. The molecule has 2 aliphatic rings. The third-order valence-electron chi connectivity index (χ3n) is 4.46. The van der Waals surface area contributed by atoms with Gasteiger partial charge in [0.05, 0.1) is 16.9 Å². The summed E-state index contributed by atoms with van der Waals surface area (Å²) in [5.74, 6) is 0.804. The van der Waals surface area contributed by atoms with Crippen molar-refractivity contribution in [3.05, 3.63) is 59.8 Å². The summed E-state index contributed by atoms with van der Waals surface area (Å²) in [7, 11) is 0. The molecule has 2 heterocycles. The van der Waals surface area contributed by atoms with Crippen LogP contribution in [0.1, 0.15) is 5.56 Å². The highest BCUT2D eigenvalue weighted by molar-refractivity contribution is 7.99. The van der Waals surface area contributed by atoms with Crippen molar-refractivity contribution in [1.82, 2.24) is 0 Å². The van der Waals surface area contributed by atoms with Crippen molar-refractivity contribution in [3.63, 3.8) is 0 Å². The van der Waals surface area contributed by atoms with E-state index in [1.165, 1.54) is 24.4 Å². The van der Waals surface area contributed by atoms with E-state index in [1.807, 2.05) is 16.7 Å². The van der Waals surface area contributed by atoms with Crippen molar-refractivity contribution >= 4 is 40.3 Å². The van der Waals surface area contributed by atoms with E-state index in [2.05, 4.69) is 10.6 Å². The minimum atomic E-state index is -0.474. The molecule has 2 aromatic rings. The molecule has 1 amide bonds. The third-order valence-corrected chi connectivity index (χ3v) is 5.40. The van der Waals surface area contributed by atoms with E-state index >= 15 is 0 Å². The van der Waals surface area contributed by atoms with E-state index in [0.717, 1.165) is 24.6 Å². The van der Waals surface area contributed by atoms with Gasteiger partial charge in [-0.3, -0.25) is 4.79 Å². The first-order chi connectivity index (χ1) is 12.6. The fraction of sp³-hybridized carbons (Fsp3) is 0.211. The first-order valence-electron chi connectivity index (χ1n) is 8.32. The van der Waals surface area contributed by atoms with Gasteiger partial charge in [0.25, 0.3) is 5.91 Å². The molecule has 2 aliphatic heterocycles. The SMILES string of the molecule is O=C1Nc2cccc(F)c2C1=CNc1ccc(N2CCSCC2)c(F)c1. The molecule has 4 nitrogen and oxygen atoms in total. The van der Waals surface area contributed by atoms with Gasteiger partial charge < -0.3 is 15.5 Å². The van der Waals surface area contributed by atoms with Crippen molar-refractivity contribution in [2.24, 2.45) is 0 Å². The Morgan fingerprint density at radius 1 is 1.12 bits per heavy atom. The second-order valence-corrected chi connectivity index (χ2v) is 7.31. The van der Waals surface area contributed by atoms with Crippen LogP contribution < -0.4 is 15.5 Å². The average molecular weight is 373 g/mol. The standard InChI is InChI=1S/C19H17F2N3OS/c20-14-2-1-3-16-18(14)13(19(25)23-16)11-22-12-4-5-17(15(21)10-12)24-6-8-26-9-7-24/h1-5,10-11,22H,6-9H2,(H,23,25). The van der Waals surface area contributed by atoms with Crippen LogP contribution in [0.5, 0.6) is 0 Å². The number of carbonyl (C=O) groups excluding carboxylic acids is 1. The molecule has 0 aromatic heterocycles. The maximum atomic E-state index is 14.5. The van der Waals surface area contributed by atoms with Crippen LogP contribution in [-0.2, 0) is 4.79 Å². The number of amides is 1. The van der Waals surface area contributed by atoms with Crippen molar-refractivity contribution in [1.29, 1.82) is 0 Å². The summed E-state index contributed by atoms with van der Waals surface area (Å²) < 4.78 is 28.5. The number of benzene rings is 2. The number of fused-ring (bicyclic) bond motifs is 1. The number of rotatable bonds is 3. The first-order valence-corrected chi connectivity index (χ1v) is 9.48. The van der Waals surface area contributed by atoms with Gasteiger partial charge in [0.15, 0.2) is 0 Å². The maximum absolute atomic E-state index is 14.5. The number of hydrogen-bond donors (Lipinski definition) is 2. The largest absolute Gasteiger partial charge is 0.368 e. The molecule has 1 fully saturated rings. The molecule has 0 saturated carbocycles. The first kappa shape index (κ1) is 16.9. The van der Waals surface area contributed by atoms with E-state index in [0.29, 0.717) is 17.1 Å². The van der Waals surface area contributed by atoms with Gasteiger partial charge in [-0.25, -0.2) is 8.78 Å². The summed E-state index contributed by atoms with van der Waals surface area (Å²) in [5.41, 5.74) is 1.94. The Labute approximate surface area is 154 Å². The van der Waals surface area contributed by atoms with E-state index in [1.54, 1.807) is 18.2 Å². The number of nitrogens with zero attached hydrogens (tertiary/aromatic N) is 1. The fourth-order valence-electron chi connectivity index (χ4n) is 3.16. The lowest BCUT2D eigenvalue weighted by Gasteiger charge is -2.28. The molecule has 7 heteroatoms. The lowest BCUT2D eigenvalue weighted by molar-refractivity contribution is -0.110. The van der Waals surface area contributed by atoms with Crippen LogP contribution >= 0.6 is 11.8 Å². The van der Waals surface area contributed by atoms with Gasteiger partial charge in [-0.15, -0.1) is 0 Å². The minimum absolute atomic E-state index is 0.190. The van der Waals surface area contributed by atoms with Crippen molar-refractivity contribution in [2.75, 3.05) is 40.1 Å². The molecule has 4 rings (SSSR count). The van der Waals surface area contributed by atoms with Crippen molar-refractivity contribution in [2.45, 2.75) is 0 Å². The molecule has 0 spiro atoms. The highest BCUT2D eigenvalue weighted by atomic mass is 32.2. The third kappa shape index (κ3) is 3.14. The summed E-state index contributed by atoms with van der Waals surface area (Å²) in [4.78, 5) is 14.1. The molecule has 0 aliphatic carbocycles. The van der Waals surface area contributed by atoms with Gasteiger partial charge >= 0.3 is 0 Å². The molecule has 0 unspecified atom stereocenters. The summed E-state index contributed by atoms with van der Waals surface area (Å²) in [6.07, 6.45) is 1.41. The van der Waals surface area contributed by atoms with Gasteiger partial charge in [-0.1, -0.05) is 6.07 Å². The molecule has 2 N–H and O–H groups in total. The minimum Gasteiger partial charge on any atom is -0.368 e. The van der Waals surface area contributed by atoms with Gasteiger partial charge in [0.1, 0.15) is 11.6 Å². The smallest absolute Gasteiger partial charge is 0.257 e. The van der Waals surface area contributed by atoms with Crippen LogP contribution in [0.2, 0.25) is 0 Å². The Hall–Kier alpha value is -2.54. The Kier molecular flexibility index (Phi) is 4.55. The summed E-state index contributed by atoms with van der Waals surface area (Å²) >= 11 is 1.87. The quantitative estimate of drug-likeness (QED) is 0.801. The molecular weight excluding hydrogens is 356 g/mol. The zero-order chi connectivity index (χ0) is 18.1. The molecule has 1 saturated heterocycles. The second kappa shape index (κ2) is 6.99. The summed E-state index contributed by atoms with van der Waals surface area (Å²) in [5, 5.41) is 5.52. The fourth-order valence-corrected chi connectivity index (χ4v) is 4.06. The van der Waals surface area contributed by atoms with Crippen LogP contribution in [-0.4, -0.2) is 30.5 Å². The number of thioether (sulfide) groups is 1. The number of anilines is 3. The summed E-state index contributed by atoms with van der Waals surface area (Å²) in [6.45, 7) is 1.66. The molecule has 0 bridgehead atoms. The molecular formula is C19H17F2N3OS. The molecule has 0 radical (unpaired) electrons. The van der Waals surface area contributed by atoms with Gasteiger partial charge in [-0.05, 0) is 30.3 Å². The monoisotopic (exact) mass is 373 g/mol. The summed E-state index contributed by atoms with van der Waals surface area (Å²) in [6, 6.07) is 9.36. The van der Waals surface area contributed by atoms with E-state index in [-0.39, 0.29) is 22.9 Å². The molecule has 134 valence electrons. The molecule has 26 heavy (non-hydrogen) atoms. The highest BCUT2D eigenvalue weighted by Crippen LogP contribution is 2.34. The lowest BCUT2D eigenvalue weighted by atomic mass is 10.1. The lowest BCUT2D eigenvalue weighted by Crippen LogP contribution is -2.33. The van der Waals surface area contributed by atoms with Gasteiger partial charge in [0.2, 0.25) is 0 Å². The van der Waals surface area contributed by atoms with Crippen molar-refractivity contribution < 1.29 is 13.6 Å². The van der Waals surface area contributed by atoms with Crippen LogP contribution in [0.4, 0.5) is 25.8 Å². The Morgan fingerprint density at radius 3 is 2.69 bits per heavy atom. The zero-order valence-corrected chi connectivity index (χ0v) is 14.7. The Bertz CT molecular complexity index is 894. The number of hydrogen-bond acceptors (Lipinski definition) is 4. The zero-order valence-electron chi connectivity index (χ0n) is 13.9. The average Bonchev–Trinajstić information content (AvgIpc) is 2.97. The number of nitrogens with one attached hydrogen (secondary N) is 2. The van der Waals surface area contributed by atoms with E-state index < -0.39 is 5.82 Å². The number of carbonyl (C=O) groups is 1. The van der Waals surface area contributed by atoms with Crippen molar-refractivity contribution in [3.8, 4) is 0 Å².